The molecule has 0 fully saturated rings. The molecule has 9 heavy (non-hydrogen) atoms. The van der Waals surface area contributed by atoms with Crippen LogP contribution in [0.5, 0.6) is 0 Å². The molecule has 0 rings (SSSR count). The summed E-state index contributed by atoms with van der Waals surface area (Å²) in [5, 5.41) is 17.4. The number of ether oxygens (including phenoxy) is 1. The molecular weight excluding hydrogens is 135 g/mol. The minimum atomic E-state index is -0.0150. The van der Waals surface area contributed by atoms with E-state index >= 15 is 0 Å². The van der Waals surface area contributed by atoms with Crippen molar-refractivity contribution in [3.8, 4) is 0 Å². The van der Waals surface area contributed by atoms with Crippen LogP contribution in [0, 0.1) is 0 Å². The first-order valence-electron chi connectivity index (χ1n) is 2.35. The van der Waals surface area contributed by atoms with E-state index in [1.807, 2.05) is 0 Å². The van der Waals surface area contributed by atoms with Gasteiger partial charge >= 0.3 is 29.6 Å². The Morgan fingerprint density at radius 3 is 2.33 bits per heavy atom. The molecule has 0 aliphatic rings. The zero-order valence-electron chi connectivity index (χ0n) is 5.50. The molecule has 0 saturated heterocycles. The van der Waals surface area contributed by atoms with Crippen molar-refractivity contribution in [2.75, 3.05) is 26.4 Å². The Morgan fingerprint density at radius 2 is 1.89 bits per heavy atom. The topological polar surface area (TPSA) is 61.8 Å². The van der Waals surface area contributed by atoms with Gasteiger partial charge in [-0.3, -0.25) is 0 Å². The van der Waals surface area contributed by atoms with Crippen LogP contribution in [0.2, 0.25) is 0 Å². The van der Waals surface area contributed by atoms with Crippen LogP contribution in [0.15, 0.2) is 0 Å². The second kappa shape index (κ2) is 11.6. The van der Waals surface area contributed by atoms with Crippen molar-refractivity contribution in [1.82, 2.24) is 0 Å². The van der Waals surface area contributed by atoms with Gasteiger partial charge in [-0.1, -0.05) is 0 Å². The minimum Gasteiger partial charge on any atom is -0.723 e. The molecule has 50 valence electrons. The van der Waals surface area contributed by atoms with E-state index in [-0.39, 0.29) is 56.0 Å². The van der Waals surface area contributed by atoms with E-state index in [0.717, 1.165) is 0 Å². The average molecular weight is 144 g/mol. The summed E-state index contributed by atoms with van der Waals surface area (Å²) in [6.07, 6.45) is 0. The van der Waals surface area contributed by atoms with E-state index in [4.69, 9.17) is 5.11 Å². The maximum Gasteiger partial charge on any atom is 1.00 e. The smallest absolute Gasteiger partial charge is 0.723 e. The van der Waals surface area contributed by atoms with Gasteiger partial charge in [0.25, 0.3) is 0 Å². The minimum absolute atomic E-state index is 0. The molecule has 5 heteroatoms. The summed E-state index contributed by atoms with van der Waals surface area (Å²) in [5.41, 5.74) is 0. The molecule has 0 aliphatic carbocycles. The molecule has 0 bridgehead atoms. The normalized spacial score (nSPS) is 8.67. The average Bonchev–Trinajstić information content (AvgIpc) is 1.81. The molecule has 0 spiro atoms. The predicted octanol–water partition coefficient (Wildman–Crippen LogP) is -4.71. The van der Waals surface area contributed by atoms with Crippen LogP contribution < -0.4 is 34.8 Å². The van der Waals surface area contributed by atoms with Crippen molar-refractivity contribution in [1.29, 1.82) is 0 Å². The fourth-order valence-electron chi connectivity index (χ4n) is 0.260. The van der Waals surface area contributed by atoms with Gasteiger partial charge in [-0.25, -0.2) is 0 Å². The second-order valence-corrected chi connectivity index (χ2v) is 1.16. The molecule has 1 N–H and O–H groups in total. The van der Waals surface area contributed by atoms with Gasteiger partial charge in [0.05, 0.1) is 26.4 Å². The van der Waals surface area contributed by atoms with E-state index in [2.05, 4.69) is 9.62 Å². The standard InChI is InChI=1S/C4H10O4.Na/c5-1-2-7-3-4-8-6;/h5-6H,1-4H2;/q;+1/p-1. The van der Waals surface area contributed by atoms with E-state index in [1.54, 1.807) is 0 Å². The Labute approximate surface area is 76.0 Å². The summed E-state index contributed by atoms with van der Waals surface area (Å²) in [7, 11) is 0. The first-order chi connectivity index (χ1) is 3.91. The molecular formula is C4H9NaO4. The number of hydrogen-bond donors (Lipinski definition) is 1. The molecule has 0 atom stereocenters. The summed E-state index contributed by atoms with van der Waals surface area (Å²) in [5.74, 6) is 0. The Balaban J connectivity index is 0. The molecule has 4 nitrogen and oxygen atoms in total. The molecule has 0 aromatic carbocycles. The van der Waals surface area contributed by atoms with Gasteiger partial charge < -0.3 is 20.0 Å². The van der Waals surface area contributed by atoms with Gasteiger partial charge in [0.15, 0.2) is 0 Å². The first kappa shape index (κ1) is 12.5. The molecule has 0 saturated carbocycles. The number of aliphatic hydroxyl groups excluding tert-OH is 1. The maximum atomic E-state index is 9.25. The van der Waals surface area contributed by atoms with Crippen molar-refractivity contribution >= 4 is 0 Å². The van der Waals surface area contributed by atoms with E-state index in [9.17, 15) is 5.26 Å². The zero-order valence-corrected chi connectivity index (χ0v) is 7.50. The predicted molar refractivity (Wildman–Crippen MR) is 23.9 cm³/mol. The van der Waals surface area contributed by atoms with Gasteiger partial charge in [-0.2, -0.15) is 0 Å². The van der Waals surface area contributed by atoms with Crippen molar-refractivity contribution in [3.63, 3.8) is 0 Å². The summed E-state index contributed by atoms with van der Waals surface area (Å²) in [4.78, 5) is 3.43. The van der Waals surface area contributed by atoms with E-state index in [1.165, 1.54) is 0 Å². The Morgan fingerprint density at radius 1 is 1.22 bits per heavy atom. The molecule has 0 unspecified atom stereocenters. The van der Waals surface area contributed by atoms with E-state index < -0.39 is 0 Å². The fraction of sp³-hybridized carbons (Fsp3) is 1.00. The van der Waals surface area contributed by atoms with Crippen molar-refractivity contribution in [2.24, 2.45) is 0 Å². The van der Waals surface area contributed by atoms with Crippen LogP contribution in [0.25, 0.3) is 0 Å². The van der Waals surface area contributed by atoms with Crippen molar-refractivity contribution < 1.29 is 49.5 Å². The third-order valence-corrected chi connectivity index (χ3v) is 0.547. The summed E-state index contributed by atoms with van der Waals surface area (Å²) in [6, 6.07) is 0. The largest absolute Gasteiger partial charge is 1.00 e. The zero-order chi connectivity index (χ0) is 6.24. The molecule has 0 heterocycles. The molecule has 0 radical (unpaired) electrons. The fourth-order valence-corrected chi connectivity index (χ4v) is 0.260. The molecule has 0 aliphatic heterocycles. The van der Waals surface area contributed by atoms with Crippen LogP contribution in [0.4, 0.5) is 0 Å². The molecule has 0 aromatic rings. The quantitative estimate of drug-likeness (QED) is 0.182. The summed E-state index contributed by atoms with van der Waals surface area (Å²) in [6.45, 7) is 0.548. The van der Waals surface area contributed by atoms with Gasteiger partial charge in [-0.15, -0.1) is 0 Å². The van der Waals surface area contributed by atoms with Gasteiger partial charge in [0.2, 0.25) is 0 Å². The Kier molecular flexibility index (Phi) is 16.1. The molecule has 0 amide bonds. The Bertz CT molecular complexity index is 37.5. The number of rotatable bonds is 5. The SMILES string of the molecule is [Na+].[O-]OCCOCCO. The van der Waals surface area contributed by atoms with Crippen LogP contribution >= 0.6 is 0 Å². The van der Waals surface area contributed by atoms with E-state index in [0.29, 0.717) is 0 Å². The van der Waals surface area contributed by atoms with Gasteiger partial charge in [0, 0.05) is 0 Å². The van der Waals surface area contributed by atoms with Crippen LogP contribution in [-0.4, -0.2) is 31.5 Å². The maximum absolute atomic E-state index is 9.25. The van der Waals surface area contributed by atoms with Crippen LogP contribution in [0.1, 0.15) is 0 Å². The number of hydrogen-bond acceptors (Lipinski definition) is 4. The summed E-state index contributed by atoms with van der Waals surface area (Å²) < 4.78 is 4.65. The van der Waals surface area contributed by atoms with Crippen molar-refractivity contribution in [3.05, 3.63) is 0 Å². The van der Waals surface area contributed by atoms with Gasteiger partial charge in [-0.05, 0) is 0 Å². The molecule has 0 aromatic heterocycles. The van der Waals surface area contributed by atoms with Crippen molar-refractivity contribution in [2.45, 2.75) is 0 Å². The monoisotopic (exact) mass is 144 g/mol. The van der Waals surface area contributed by atoms with Crippen LogP contribution in [-0.2, 0) is 9.62 Å². The summed E-state index contributed by atoms with van der Waals surface area (Å²) >= 11 is 0. The number of aliphatic hydroxyl groups is 1. The third-order valence-electron chi connectivity index (χ3n) is 0.547. The third kappa shape index (κ3) is 12.1. The second-order valence-electron chi connectivity index (χ2n) is 1.16. The first-order valence-corrected chi connectivity index (χ1v) is 2.35. The van der Waals surface area contributed by atoms with Gasteiger partial charge in [0.1, 0.15) is 0 Å². The van der Waals surface area contributed by atoms with Crippen LogP contribution in [0.3, 0.4) is 0 Å². The Hall–Kier alpha value is 0.840.